The van der Waals surface area contributed by atoms with Crippen molar-refractivity contribution in [1.82, 2.24) is 9.97 Å². The highest BCUT2D eigenvalue weighted by atomic mass is 16.5. The molecular weight excluding hydrogens is 404 g/mol. The van der Waals surface area contributed by atoms with Gasteiger partial charge in [0.25, 0.3) is 0 Å². The number of hydrogen-bond donors (Lipinski definition) is 0. The van der Waals surface area contributed by atoms with Gasteiger partial charge in [-0.05, 0) is 35.4 Å². The van der Waals surface area contributed by atoms with Crippen LogP contribution in [0.1, 0.15) is 31.8 Å². The molecule has 6 nitrogen and oxygen atoms in total. The van der Waals surface area contributed by atoms with Crippen LogP contribution in [0.3, 0.4) is 0 Å². The predicted molar refractivity (Wildman–Crippen MR) is 119 cm³/mol. The van der Waals surface area contributed by atoms with Crippen molar-refractivity contribution in [1.29, 1.82) is 0 Å². The van der Waals surface area contributed by atoms with E-state index in [9.17, 15) is 9.59 Å². The van der Waals surface area contributed by atoms with Crippen molar-refractivity contribution in [3.63, 3.8) is 0 Å². The molecule has 6 heteroatoms. The van der Waals surface area contributed by atoms with E-state index in [-0.39, 0.29) is 35.7 Å². The molecule has 0 fully saturated rings. The lowest BCUT2D eigenvalue weighted by Crippen LogP contribution is -2.12. The second kappa shape index (κ2) is 10.1. The minimum Gasteiger partial charge on any atom is -0.457 e. The summed E-state index contributed by atoms with van der Waals surface area (Å²) in [5.41, 5.74) is 2.71. The number of nitrogens with zero attached hydrogens (tertiary/aromatic N) is 2. The van der Waals surface area contributed by atoms with E-state index < -0.39 is 11.9 Å². The second-order valence-electron chi connectivity index (χ2n) is 6.92. The van der Waals surface area contributed by atoms with Crippen molar-refractivity contribution in [3.05, 3.63) is 120 Å². The van der Waals surface area contributed by atoms with Gasteiger partial charge in [-0.3, -0.25) is 9.97 Å². The van der Waals surface area contributed by atoms with Gasteiger partial charge in [0.15, 0.2) is 0 Å². The van der Waals surface area contributed by atoms with Crippen molar-refractivity contribution in [2.45, 2.75) is 13.2 Å². The highest BCUT2D eigenvalue weighted by Gasteiger charge is 2.22. The lowest BCUT2D eigenvalue weighted by molar-refractivity contribution is 0.0461. The summed E-state index contributed by atoms with van der Waals surface area (Å²) >= 11 is 0. The minimum atomic E-state index is -0.550. The van der Waals surface area contributed by atoms with E-state index >= 15 is 0 Å². The minimum absolute atomic E-state index is 0.127. The van der Waals surface area contributed by atoms with Crippen LogP contribution in [0.4, 0.5) is 0 Å². The number of carbonyl (C=O) groups excluding carboxylic acids is 2. The zero-order valence-electron chi connectivity index (χ0n) is 17.2. The van der Waals surface area contributed by atoms with Crippen LogP contribution in [0.25, 0.3) is 11.4 Å². The average Bonchev–Trinajstić information content (AvgIpc) is 2.87. The van der Waals surface area contributed by atoms with Crippen LogP contribution < -0.4 is 0 Å². The second-order valence-corrected chi connectivity index (χ2v) is 6.92. The molecule has 4 aromatic rings. The van der Waals surface area contributed by atoms with Crippen LogP contribution in [-0.2, 0) is 22.7 Å². The van der Waals surface area contributed by atoms with Gasteiger partial charge >= 0.3 is 11.9 Å². The molecule has 2 aromatic heterocycles. The average molecular weight is 424 g/mol. The molecule has 0 aliphatic heterocycles. The molecule has 0 saturated heterocycles. The molecule has 0 aliphatic rings. The summed E-state index contributed by atoms with van der Waals surface area (Å²) in [5, 5.41) is 0. The Morgan fingerprint density at radius 1 is 0.562 bits per heavy atom. The van der Waals surface area contributed by atoms with Gasteiger partial charge in [-0.1, -0.05) is 60.7 Å². The van der Waals surface area contributed by atoms with Crippen molar-refractivity contribution in [2.75, 3.05) is 0 Å². The van der Waals surface area contributed by atoms with E-state index in [4.69, 9.17) is 9.47 Å². The third kappa shape index (κ3) is 5.05. The third-order valence-electron chi connectivity index (χ3n) is 4.71. The normalized spacial score (nSPS) is 10.4. The number of benzene rings is 2. The summed E-state index contributed by atoms with van der Waals surface area (Å²) in [6.07, 6.45) is 3.08. The lowest BCUT2D eigenvalue weighted by atomic mass is 10.1. The fourth-order valence-corrected chi connectivity index (χ4v) is 3.12. The fraction of sp³-hybridized carbons (Fsp3) is 0.0769. The van der Waals surface area contributed by atoms with Gasteiger partial charge < -0.3 is 9.47 Å². The molecule has 0 N–H and O–H groups in total. The number of esters is 2. The number of aromatic nitrogens is 2. The summed E-state index contributed by atoms with van der Waals surface area (Å²) in [7, 11) is 0. The highest BCUT2D eigenvalue weighted by molar-refractivity contribution is 6.01. The Balaban J connectivity index is 1.56. The monoisotopic (exact) mass is 424 g/mol. The quantitative estimate of drug-likeness (QED) is 0.394. The first-order valence-electron chi connectivity index (χ1n) is 10.0. The first-order chi connectivity index (χ1) is 15.7. The van der Waals surface area contributed by atoms with Crippen molar-refractivity contribution in [3.8, 4) is 11.4 Å². The van der Waals surface area contributed by atoms with Crippen LogP contribution in [0, 0.1) is 0 Å². The zero-order chi connectivity index (χ0) is 22.2. The maximum atomic E-state index is 12.8. The first-order valence-corrected chi connectivity index (χ1v) is 10.0. The van der Waals surface area contributed by atoms with Gasteiger partial charge in [-0.15, -0.1) is 0 Å². The Morgan fingerprint density at radius 2 is 0.969 bits per heavy atom. The Labute approximate surface area is 185 Å². The number of rotatable bonds is 7. The van der Waals surface area contributed by atoms with Gasteiger partial charge in [0.05, 0.1) is 11.1 Å². The van der Waals surface area contributed by atoms with Crippen LogP contribution in [0.5, 0.6) is 0 Å². The van der Waals surface area contributed by atoms with Crippen molar-refractivity contribution in [2.24, 2.45) is 0 Å². The van der Waals surface area contributed by atoms with Crippen LogP contribution >= 0.6 is 0 Å². The summed E-state index contributed by atoms with van der Waals surface area (Å²) < 4.78 is 10.9. The molecular formula is C26H20N2O4. The number of ether oxygens (including phenoxy) is 2. The van der Waals surface area contributed by atoms with Gasteiger partial charge in [0.2, 0.25) is 0 Å². The standard InChI is InChI=1S/C26H20N2O4/c29-25(31-17-19-9-3-1-4-10-19)21-13-7-15-27-23(21)24-22(14-8-16-28-24)26(30)32-18-20-11-5-2-6-12-20/h1-16H,17-18H2. The number of carbonyl (C=O) groups is 2. The fourth-order valence-electron chi connectivity index (χ4n) is 3.12. The number of pyridine rings is 2. The van der Waals surface area contributed by atoms with Gasteiger partial charge in [0.1, 0.15) is 24.6 Å². The smallest absolute Gasteiger partial charge is 0.340 e. The Morgan fingerprint density at radius 3 is 1.38 bits per heavy atom. The third-order valence-corrected chi connectivity index (χ3v) is 4.71. The van der Waals surface area contributed by atoms with E-state index in [1.54, 1.807) is 24.3 Å². The first kappa shape index (κ1) is 20.9. The van der Waals surface area contributed by atoms with Crippen LogP contribution in [-0.4, -0.2) is 21.9 Å². The summed E-state index contributed by atoms with van der Waals surface area (Å²) in [4.78, 5) is 34.2. The molecule has 0 saturated carbocycles. The summed E-state index contributed by atoms with van der Waals surface area (Å²) in [5.74, 6) is -1.10. The van der Waals surface area contributed by atoms with E-state index in [2.05, 4.69) is 9.97 Å². The van der Waals surface area contributed by atoms with Crippen LogP contribution in [0.2, 0.25) is 0 Å². The summed E-state index contributed by atoms with van der Waals surface area (Å²) in [6.45, 7) is 0.254. The molecule has 0 bridgehead atoms. The van der Waals surface area contributed by atoms with E-state index in [0.29, 0.717) is 0 Å². The largest absolute Gasteiger partial charge is 0.457 e. The molecule has 0 aliphatic carbocycles. The predicted octanol–water partition coefficient (Wildman–Crippen LogP) is 4.86. The molecule has 32 heavy (non-hydrogen) atoms. The lowest BCUT2D eigenvalue weighted by Gasteiger charge is -2.12. The number of hydrogen-bond acceptors (Lipinski definition) is 6. The van der Waals surface area contributed by atoms with E-state index in [0.717, 1.165) is 11.1 Å². The molecule has 2 heterocycles. The van der Waals surface area contributed by atoms with E-state index in [1.165, 1.54) is 12.4 Å². The maximum Gasteiger partial charge on any atom is 0.340 e. The van der Waals surface area contributed by atoms with Crippen molar-refractivity contribution >= 4 is 11.9 Å². The van der Waals surface area contributed by atoms with Gasteiger partial charge in [0, 0.05) is 12.4 Å². The zero-order valence-corrected chi connectivity index (χ0v) is 17.2. The molecule has 0 atom stereocenters. The molecule has 158 valence electrons. The Hall–Kier alpha value is -4.32. The Bertz CT molecular complexity index is 1110. The van der Waals surface area contributed by atoms with E-state index in [1.807, 2.05) is 60.7 Å². The summed E-state index contributed by atoms with van der Waals surface area (Å²) in [6, 6.07) is 25.3. The molecule has 0 spiro atoms. The molecule has 0 radical (unpaired) electrons. The van der Waals surface area contributed by atoms with Crippen molar-refractivity contribution < 1.29 is 19.1 Å². The van der Waals surface area contributed by atoms with Gasteiger partial charge in [-0.25, -0.2) is 9.59 Å². The Kier molecular flexibility index (Phi) is 6.63. The molecule has 2 aromatic carbocycles. The molecule has 0 amide bonds. The molecule has 4 rings (SSSR count). The maximum absolute atomic E-state index is 12.8. The molecule has 0 unspecified atom stereocenters. The highest BCUT2D eigenvalue weighted by Crippen LogP contribution is 2.25. The van der Waals surface area contributed by atoms with Gasteiger partial charge in [-0.2, -0.15) is 0 Å². The topological polar surface area (TPSA) is 78.4 Å². The van der Waals surface area contributed by atoms with Crippen LogP contribution in [0.15, 0.2) is 97.3 Å². The SMILES string of the molecule is O=C(OCc1ccccc1)c1cccnc1-c1ncccc1C(=O)OCc1ccccc1.